The van der Waals surface area contributed by atoms with E-state index in [1.165, 1.54) is 0 Å². The molecule has 35 heavy (non-hydrogen) atoms. The number of aliphatic hydroxyl groups excluding tert-OH is 2. The molecule has 1 rings (SSSR count). The molecule has 1 aromatic rings. The zero-order valence-corrected chi connectivity index (χ0v) is 23.0. The van der Waals surface area contributed by atoms with Crippen LogP contribution in [0, 0.1) is 17.8 Å². The predicted molar refractivity (Wildman–Crippen MR) is 138 cm³/mol. The van der Waals surface area contributed by atoms with E-state index >= 15 is 0 Å². The van der Waals surface area contributed by atoms with E-state index in [1.807, 2.05) is 18.2 Å². The van der Waals surface area contributed by atoms with E-state index < -0.39 is 40.0 Å². The molecule has 0 spiro atoms. The first-order valence-corrected chi connectivity index (χ1v) is 14.2. The van der Waals surface area contributed by atoms with Crippen molar-refractivity contribution in [2.45, 2.75) is 84.5 Å². The second kappa shape index (κ2) is 13.0. The summed E-state index contributed by atoms with van der Waals surface area (Å²) in [4.78, 5) is 11.1. The van der Waals surface area contributed by atoms with Crippen molar-refractivity contribution in [1.29, 1.82) is 0 Å². The molecule has 0 fully saturated rings. The van der Waals surface area contributed by atoms with Gasteiger partial charge in [0.25, 0.3) is 0 Å². The molecule has 5 atom stereocenters. The Morgan fingerprint density at radius 1 is 1.11 bits per heavy atom. The van der Waals surface area contributed by atoms with Gasteiger partial charge in [-0.25, -0.2) is 8.42 Å². The topological polar surface area (TPSA) is 147 Å². The number of carboxylic acid groups (broad SMARTS) is 1. The van der Waals surface area contributed by atoms with Gasteiger partial charge in [-0.15, -0.1) is 0 Å². The molecule has 0 aliphatic carbocycles. The summed E-state index contributed by atoms with van der Waals surface area (Å²) in [5.41, 5.74) is 7.99. The number of aliphatic hydroxyl groups is 2. The van der Waals surface area contributed by atoms with Crippen LogP contribution in [-0.4, -0.2) is 66.6 Å². The molecule has 202 valence electrons. The van der Waals surface area contributed by atoms with Crippen molar-refractivity contribution in [3.63, 3.8) is 0 Å². The monoisotopic (exact) mass is 515 g/mol. The molecule has 0 heterocycles. The minimum Gasteiger partial charge on any atom is -0.491 e. The van der Waals surface area contributed by atoms with E-state index in [-0.39, 0.29) is 36.0 Å². The van der Waals surface area contributed by atoms with E-state index in [0.29, 0.717) is 18.6 Å². The van der Waals surface area contributed by atoms with E-state index in [9.17, 15) is 23.4 Å². The predicted octanol–water partition coefficient (Wildman–Crippen LogP) is 2.77. The number of hydrogen-bond acceptors (Lipinski definition) is 7. The van der Waals surface area contributed by atoms with Gasteiger partial charge < -0.3 is 25.8 Å². The molecule has 0 saturated carbocycles. The quantitative estimate of drug-likeness (QED) is 0.296. The van der Waals surface area contributed by atoms with Gasteiger partial charge in [-0.05, 0) is 53.7 Å². The Labute approximate surface area is 210 Å². The number of carboxylic acids is 1. The number of carbonyl (C=O) groups is 1. The van der Waals surface area contributed by atoms with Crippen molar-refractivity contribution in [2.75, 3.05) is 18.6 Å². The molecule has 0 bridgehead atoms. The number of nitrogens with two attached hydrogens (primary N) is 1. The third kappa shape index (κ3) is 11.3. The Morgan fingerprint density at radius 2 is 1.71 bits per heavy atom. The lowest BCUT2D eigenvalue weighted by Gasteiger charge is -2.29. The van der Waals surface area contributed by atoms with Crippen LogP contribution < -0.4 is 10.5 Å². The van der Waals surface area contributed by atoms with Crippen molar-refractivity contribution < 1.29 is 33.3 Å². The molecular weight excluding hydrogens is 470 g/mol. The average Bonchev–Trinajstić information content (AvgIpc) is 2.69. The molecule has 5 N–H and O–H groups in total. The molecule has 0 radical (unpaired) electrons. The van der Waals surface area contributed by atoms with Gasteiger partial charge in [-0.2, -0.15) is 0 Å². The molecule has 1 aromatic carbocycles. The summed E-state index contributed by atoms with van der Waals surface area (Å²) in [5.74, 6) is -0.976. The van der Waals surface area contributed by atoms with Crippen LogP contribution in [-0.2, 0) is 26.5 Å². The molecule has 0 aliphatic rings. The van der Waals surface area contributed by atoms with E-state index in [4.69, 9.17) is 15.6 Å². The van der Waals surface area contributed by atoms with Crippen molar-refractivity contribution in [3.05, 3.63) is 29.3 Å². The number of sulfone groups is 1. The van der Waals surface area contributed by atoms with E-state index in [0.717, 1.165) is 17.4 Å². The van der Waals surface area contributed by atoms with Gasteiger partial charge >= 0.3 is 5.97 Å². The minimum absolute atomic E-state index is 0.107. The average molecular weight is 516 g/mol. The van der Waals surface area contributed by atoms with Crippen molar-refractivity contribution >= 4 is 15.8 Å². The molecule has 0 unspecified atom stereocenters. The van der Waals surface area contributed by atoms with Crippen LogP contribution >= 0.6 is 0 Å². The summed E-state index contributed by atoms with van der Waals surface area (Å²) in [5, 5.41) is 29.6. The maximum Gasteiger partial charge on any atom is 0.306 e. The highest BCUT2D eigenvalue weighted by atomic mass is 32.2. The van der Waals surface area contributed by atoms with Crippen molar-refractivity contribution in [1.82, 2.24) is 0 Å². The highest BCUT2D eigenvalue weighted by Gasteiger charge is 2.27. The van der Waals surface area contributed by atoms with Crippen LogP contribution in [0.5, 0.6) is 5.75 Å². The smallest absolute Gasteiger partial charge is 0.306 e. The summed E-state index contributed by atoms with van der Waals surface area (Å²) in [6.07, 6.45) is 0.371. The largest absolute Gasteiger partial charge is 0.491 e. The van der Waals surface area contributed by atoms with Crippen molar-refractivity contribution in [3.8, 4) is 5.75 Å². The zero-order valence-electron chi connectivity index (χ0n) is 22.2. The molecule has 0 saturated heterocycles. The fourth-order valence-electron chi connectivity index (χ4n) is 4.05. The Hall–Kier alpha value is -1.68. The molecular formula is C26H45NO7S. The van der Waals surface area contributed by atoms with Crippen LogP contribution in [0.1, 0.15) is 65.5 Å². The lowest BCUT2D eigenvalue weighted by Crippen LogP contribution is -2.39. The van der Waals surface area contributed by atoms with E-state index in [1.54, 1.807) is 6.92 Å². The van der Waals surface area contributed by atoms with Crippen LogP contribution in [0.25, 0.3) is 0 Å². The fourth-order valence-corrected chi connectivity index (χ4v) is 4.85. The molecule has 8 nitrogen and oxygen atoms in total. The summed E-state index contributed by atoms with van der Waals surface area (Å²) >= 11 is 0. The Balaban J connectivity index is 3.04. The van der Waals surface area contributed by atoms with Crippen LogP contribution in [0.15, 0.2) is 18.2 Å². The van der Waals surface area contributed by atoms with Gasteiger partial charge in [0.2, 0.25) is 0 Å². The second-order valence-corrected chi connectivity index (χ2v) is 13.5. The maximum atomic E-state index is 11.5. The molecule has 0 aromatic heterocycles. The summed E-state index contributed by atoms with van der Waals surface area (Å²) < 4.78 is 28.9. The first-order chi connectivity index (χ1) is 15.9. The van der Waals surface area contributed by atoms with Gasteiger partial charge in [-0.1, -0.05) is 53.7 Å². The summed E-state index contributed by atoms with van der Waals surface area (Å²) in [6, 6.07) is 5.41. The number of rotatable bonds is 14. The fraction of sp³-hybridized carbons (Fsp3) is 0.731. The third-order valence-corrected chi connectivity index (χ3v) is 7.30. The van der Waals surface area contributed by atoms with Crippen molar-refractivity contribution in [2.24, 2.45) is 23.5 Å². The lowest BCUT2D eigenvalue weighted by molar-refractivity contribution is -0.142. The maximum absolute atomic E-state index is 11.5. The Morgan fingerprint density at radius 3 is 2.20 bits per heavy atom. The highest BCUT2D eigenvalue weighted by molar-refractivity contribution is 7.90. The van der Waals surface area contributed by atoms with Crippen LogP contribution in [0.4, 0.5) is 0 Å². The van der Waals surface area contributed by atoms with Gasteiger partial charge in [0, 0.05) is 12.3 Å². The molecule has 9 heteroatoms. The first-order valence-electron chi connectivity index (χ1n) is 12.2. The SMILES string of the molecule is CC(C)[C@@H](Cc1ccc(C(C)(C)C)c(OC[C@H](O)CS(C)(=O)=O)c1)C[C@H](N)[C@@H](O)C[C@@H](C)C(=O)O. The summed E-state index contributed by atoms with van der Waals surface area (Å²) in [6.45, 7) is 11.8. The minimum atomic E-state index is -3.33. The van der Waals surface area contributed by atoms with Gasteiger partial charge in [0.15, 0.2) is 0 Å². The van der Waals surface area contributed by atoms with E-state index in [2.05, 4.69) is 34.6 Å². The van der Waals surface area contributed by atoms with Crippen LogP contribution in [0.3, 0.4) is 0 Å². The molecule has 0 amide bonds. The standard InChI is InChI=1S/C26H45NO7S/c1-16(2)19(13-22(27)23(29)10-17(3)25(30)31)11-18-8-9-21(26(4,5)6)24(12-18)34-14-20(28)15-35(7,32)33/h8-9,12,16-17,19-20,22-23,28-29H,10-11,13-15,27H2,1-7H3,(H,30,31)/t17-,19+,20+,22+,23+/m1/s1. The number of aliphatic carboxylic acids is 1. The van der Waals surface area contributed by atoms with Gasteiger partial charge in [-0.3, -0.25) is 4.79 Å². The normalized spacial score (nSPS) is 17.0. The molecule has 0 aliphatic heterocycles. The summed E-state index contributed by atoms with van der Waals surface area (Å²) in [7, 11) is -3.33. The number of hydrogen-bond donors (Lipinski definition) is 4. The Kier molecular flexibility index (Phi) is 11.7. The number of ether oxygens (including phenoxy) is 1. The van der Waals surface area contributed by atoms with Gasteiger partial charge in [0.05, 0.1) is 17.8 Å². The highest BCUT2D eigenvalue weighted by Crippen LogP contribution is 2.34. The zero-order chi connectivity index (χ0) is 27.1. The van der Waals surface area contributed by atoms with Gasteiger partial charge in [0.1, 0.15) is 28.3 Å². The first kappa shape index (κ1) is 31.4. The lowest BCUT2D eigenvalue weighted by atomic mass is 9.81. The second-order valence-electron chi connectivity index (χ2n) is 11.3. The number of benzene rings is 1. The Bertz CT molecular complexity index is 924. The van der Waals surface area contributed by atoms with Crippen LogP contribution in [0.2, 0.25) is 0 Å². The third-order valence-electron chi connectivity index (χ3n) is 6.31.